The van der Waals surface area contributed by atoms with Gasteiger partial charge in [0.15, 0.2) is 6.61 Å². The first-order valence-corrected chi connectivity index (χ1v) is 11.6. The lowest BCUT2D eigenvalue weighted by atomic mass is 10.0. The third kappa shape index (κ3) is 5.12. The summed E-state index contributed by atoms with van der Waals surface area (Å²) in [6.45, 7) is -0.313. The highest BCUT2D eigenvalue weighted by Gasteiger charge is 2.24. The number of ether oxygens (including phenoxy) is 3. The predicted molar refractivity (Wildman–Crippen MR) is 135 cm³/mol. The van der Waals surface area contributed by atoms with E-state index in [-0.39, 0.29) is 18.6 Å². The van der Waals surface area contributed by atoms with Crippen LogP contribution in [-0.2, 0) is 9.53 Å². The number of nitrogens with zero attached hydrogens (tertiary/aromatic N) is 2. The van der Waals surface area contributed by atoms with Gasteiger partial charge in [-0.25, -0.2) is 14.8 Å². The van der Waals surface area contributed by atoms with Crippen molar-refractivity contribution in [2.75, 3.05) is 20.8 Å². The van der Waals surface area contributed by atoms with Gasteiger partial charge in [-0.3, -0.25) is 4.79 Å². The third-order valence-electron chi connectivity index (χ3n) is 5.90. The molecule has 36 heavy (non-hydrogen) atoms. The molecule has 8 nitrogen and oxygen atoms in total. The van der Waals surface area contributed by atoms with Crippen molar-refractivity contribution >= 4 is 22.9 Å². The number of benzene rings is 3. The highest BCUT2D eigenvalue weighted by Crippen LogP contribution is 2.33. The number of carbonyl (C=O) groups excluding carboxylic acids is 2. The van der Waals surface area contributed by atoms with Crippen molar-refractivity contribution < 1.29 is 23.8 Å². The number of methoxy groups -OCH3 is 2. The molecule has 0 saturated heterocycles. The van der Waals surface area contributed by atoms with Crippen LogP contribution in [0.4, 0.5) is 0 Å². The van der Waals surface area contributed by atoms with Crippen LogP contribution in [0.15, 0.2) is 66.7 Å². The third-order valence-corrected chi connectivity index (χ3v) is 5.90. The maximum absolute atomic E-state index is 12.6. The van der Waals surface area contributed by atoms with Gasteiger partial charge in [0, 0.05) is 17.2 Å². The SMILES string of the molecule is COc1ccc(-c2nc3ccc(C(=O)OCC(=O)NC4CC4)cc3nc2-c2ccc(OC)cc2)cc1. The van der Waals surface area contributed by atoms with Crippen LogP contribution in [0.3, 0.4) is 0 Å². The second-order valence-corrected chi connectivity index (χ2v) is 8.50. The number of hydrogen-bond donors (Lipinski definition) is 1. The van der Waals surface area contributed by atoms with Gasteiger partial charge >= 0.3 is 5.97 Å². The van der Waals surface area contributed by atoms with E-state index in [1.54, 1.807) is 32.4 Å². The van der Waals surface area contributed by atoms with Crippen molar-refractivity contribution in [3.8, 4) is 34.0 Å². The molecular formula is C28H25N3O5. The second kappa shape index (κ2) is 10.0. The molecule has 5 rings (SSSR count). The molecule has 1 heterocycles. The lowest BCUT2D eigenvalue weighted by molar-refractivity contribution is -0.124. The molecule has 4 aromatic rings. The Balaban J connectivity index is 1.50. The zero-order chi connectivity index (χ0) is 25.1. The Morgan fingerprint density at radius 1 is 0.806 bits per heavy atom. The van der Waals surface area contributed by atoms with Crippen molar-refractivity contribution in [2.45, 2.75) is 18.9 Å². The molecule has 3 aromatic carbocycles. The summed E-state index contributed by atoms with van der Waals surface area (Å²) >= 11 is 0. The molecule has 1 aromatic heterocycles. The monoisotopic (exact) mass is 483 g/mol. The molecule has 182 valence electrons. The lowest BCUT2D eigenvalue weighted by Gasteiger charge is -2.12. The van der Waals surface area contributed by atoms with E-state index in [0.29, 0.717) is 28.0 Å². The van der Waals surface area contributed by atoms with Crippen molar-refractivity contribution in [3.63, 3.8) is 0 Å². The predicted octanol–water partition coefficient (Wildman–Crippen LogP) is 4.42. The van der Waals surface area contributed by atoms with Crippen molar-refractivity contribution in [1.82, 2.24) is 15.3 Å². The van der Waals surface area contributed by atoms with Gasteiger partial charge in [-0.05, 0) is 79.6 Å². The average molecular weight is 484 g/mol. The summed E-state index contributed by atoms with van der Waals surface area (Å²) in [7, 11) is 3.24. The number of nitrogens with one attached hydrogen (secondary N) is 1. The minimum Gasteiger partial charge on any atom is -0.497 e. The van der Waals surface area contributed by atoms with E-state index >= 15 is 0 Å². The normalized spacial score (nSPS) is 12.7. The summed E-state index contributed by atoms with van der Waals surface area (Å²) in [5, 5.41) is 2.80. The Hall–Kier alpha value is -4.46. The van der Waals surface area contributed by atoms with Crippen LogP contribution in [0.1, 0.15) is 23.2 Å². The van der Waals surface area contributed by atoms with Gasteiger partial charge in [0.05, 0.1) is 42.2 Å². The number of hydrogen-bond acceptors (Lipinski definition) is 7. The Morgan fingerprint density at radius 2 is 1.36 bits per heavy atom. The fourth-order valence-corrected chi connectivity index (χ4v) is 3.79. The molecule has 1 aliphatic carbocycles. The fraction of sp³-hybridized carbons (Fsp3) is 0.214. The van der Waals surface area contributed by atoms with E-state index in [2.05, 4.69) is 5.32 Å². The number of rotatable bonds is 8. The van der Waals surface area contributed by atoms with Crippen molar-refractivity contribution in [1.29, 1.82) is 0 Å². The Labute approximate surface area is 208 Å². The van der Waals surface area contributed by atoms with Crippen LogP contribution >= 0.6 is 0 Å². The van der Waals surface area contributed by atoms with Gasteiger partial charge in [-0.2, -0.15) is 0 Å². The van der Waals surface area contributed by atoms with Crippen LogP contribution in [0.25, 0.3) is 33.5 Å². The molecule has 1 amide bonds. The zero-order valence-corrected chi connectivity index (χ0v) is 20.0. The number of aromatic nitrogens is 2. The van der Waals surface area contributed by atoms with Crippen LogP contribution in [0, 0.1) is 0 Å². The Bertz CT molecular complexity index is 1410. The minimum absolute atomic E-state index is 0.211. The molecule has 0 atom stereocenters. The molecule has 1 fully saturated rings. The first kappa shape index (κ1) is 23.3. The van der Waals surface area contributed by atoms with E-state index < -0.39 is 5.97 Å². The summed E-state index contributed by atoms with van der Waals surface area (Å²) in [5.74, 6) is 0.592. The molecule has 1 aliphatic rings. The molecule has 8 heteroatoms. The summed E-state index contributed by atoms with van der Waals surface area (Å²) in [6, 6.07) is 20.4. The van der Waals surface area contributed by atoms with E-state index in [1.165, 1.54) is 0 Å². The highest BCUT2D eigenvalue weighted by molar-refractivity contribution is 5.96. The molecule has 0 radical (unpaired) electrons. The molecular weight excluding hydrogens is 458 g/mol. The standard InChI is InChI=1S/C28H25N3O5/c1-34-21-10-3-17(4-11-21)26-27(18-5-12-22(35-2)13-6-18)31-24-15-19(7-14-23(24)30-26)28(33)36-16-25(32)29-20-8-9-20/h3-7,10-15,20H,8-9,16H2,1-2H3,(H,29,32). The Kier molecular flexibility index (Phi) is 6.49. The number of carbonyl (C=O) groups is 2. The topological polar surface area (TPSA) is 99.6 Å². The minimum atomic E-state index is -0.588. The van der Waals surface area contributed by atoms with Crippen LogP contribution in [-0.4, -0.2) is 48.7 Å². The molecule has 0 unspecified atom stereocenters. The summed E-state index contributed by atoms with van der Waals surface area (Å²) in [6.07, 6.45) is 1.94. The van der Waals surface area contributed by atoms with Gasteiger partial charge in [-0.1, -0.05) is 0 Å². The maximum Gasteiger partial charge on any atom is 0.338 e. The summed E-state index contributed by atoms with van der Waals surface area (Å²) < 4.78 is 15.8. The van der Waals surface area contributed by atoms with Gasteiger partial charge in [0.25, 0.3) is 5.91 Å². The summed E-state index contributed by atoms with van der Waals surface area (Å²) in [4.78, 5) is 34.2. The van der Waals surface area contributed by atoms with Gasteiger partial charge in [0.1, 0.15) is 11.5 Å². The smallest absolute Gasteiger partial charge is 0.338 e. The second-order valence-electron chi connectivity index (χ2n) is 8.50. The molecule has 0 bridgehead atoms. The average Bonchev–Trinajstić information content (AvgIpc) is 3.74. The molecule has 1 saturated carbocycles. The fourth-order valence-electron chi connectivity index (χ4n) is 3.79. The van der Waals surface area contributed by atoms with Gasteiger partial charge < -0.3 is 19.5 Å². The first-order valence-electron chi connectivity index (χ1n) is 11.6. The molecule has 0 aliphatic heterocycles. The van der Waals surface area contributed by atoms with Gasteiger partial charge in [0.2, 0.25) is 0 Å². The highest BCUT2D eigenvalue weighted by atomic mass is 16.5. The van der Waals surface area contributed by atoms with Crippen molar-refractivity contribution in [2.24, 2.45) is 0 Å². The maximum atomic E-state index is 12.6. The largest absolute Gasteiger partial charge is 0.497 e. The molecule has 1 N–H and O–H groups in total. The number of esters is 1. The first-order chi connectivity index (χ1) is 17.5. The van der Waals surface area contributed by atoms with Crippen LogP contribution in [0.2, 0.25) is 0 Å². The van der Waals surface area contributed by atoms with Gasteiger partial charge in [-0.15, -0.1) is 0 Å². The van der Waals surface area contributed by atoms with E-state index in [9.17, 15) is 9.59 Å². The van der Waals surface area contributed by atoms with Crippen LogP contribution < -0.4 is 14.8 Å². The van der Waals surface area contributed by atoms with Crippen LogP contribution in [0.5, 0.6) is 11.5 Å². The zero-order valence-electron chi connectivity index (χ0n) is 20.0. The number of fused-ring (bicyclic) bond motifs is 1. The van der Waals surface area contributed by atoms with E-state index in [1.807, 2.05) is 48.5 Å². The summed E-state index contributed by atoms with van der Waals surface area (Å²) in [5.41, 5.74) is 4.54. The quantitative estimate of drug-likeness (QED) is 0.371. The number of amides is 1. The Morgan fingerprint density at radius 3 is 1.89 bits per heavy atom. The van der Waals surface area contributed by atoms with E-state index in [4.69, 9.17) is 24.2 Å². The van der Waals surface area contributed by atoms with E-state index in [0.717, 1.165) is 35.5 Å². The van der Waals surface area contributed by atoms with Crippen molar-refractivity contribution in [3.05, 3.63) is 72.3 Å². The lowest BCUT2D eigenvalue weighted by Crippen LogP contribution is -2.30. The molecule has 0 spiro atoms.